The first kappa shape index (κ1) is 16.5. The molecule has 1 saturated heterocycles. The Labute approximate surface area is 146 Å². The van der Waals surface area contributed by atoms with Crippen LogP contribution < -0.4 is 0 Å². The molecular weight excluding hydrogens is 324 g/mol. The smallest absolute Gasteiger partial charge is 0.407 e. The van der Waals surface area contributed by atoms with Gasteiger partial charge in [0.1, 0.15) is 17.9 Å². The van der Waals surface area contributed by atoms with E-state index in [9.17, 15) is 9.90 Å². The van der Waals surface area contributed by atoms with Gasteiger partial charge < -0.3 is 19.5 Å². The summed E-state index contributed by atoms with van der Waals surface area (Å²) in [6.45, 7) is 8.40. The SMILES string of the molecule is CC(C)(C)C1O[C@@H]2CN(C(=O)O)C[C@H]2n2nnc(C3=CCOCC3)c21. The highest BCUT2D eigenvalue weighted by Gasteiger charge is 2.48. The Morgan fingerprint density at radius 1 is 1.36 bits per heavy atom. The molecule has 0 radical (unpaired) electrons. The van der Waals surface area contributed by atoms with E-state index in [1.807, 2.05) is 4.68 Å². The molecule has 1 N–H and O–H groups in total. The van der Waals surface area contributed by atoms with Crippen molar-refractivity contribution in [3.05, 3.63) is 17.5 Å². The average molecular weight is 348 g/mol. The number of carbonyl (C=O) groups is 1. The molecule has 0 saturated carbocycles. The predicted molar refractivity (Wildman–Crippen MR) is 89.1 cm³/mol. The molecule has 3 aliphatic heterocycles. The van der Waals surface area contributed by atoms with Crippen LogP contribution in [0.3, 0.4) is 0 Å². The van der Waals surface area contributed by atoms with Crippen molar-refractivity contribution in [1.29, 1.82) is 0 Å². The van der Waals surface area contributed by atoms with Crippen LogP contribution in [0.4, 0.5) is 4.79 Å². The number of hydrogen-bond acceptors (Lipinski definition) is 5. The van der Waals surface area contributed by atoms with Gasteiger partial charge in [-0.15, -0.1) is 5.10 Å². The van der Waals surface area contributed by atoms with Crippen LogP contribution in [0.15, 0.2) is 6.08 Å². The highest BCUT2D eigenvalue weighted by Crippen LogP contribution is 2.46. The molecule has 1 fully saturated rings. The number of nitrogens with zero attached hydrogens (tertiary/aromatic N) is 4. The topological polar surface area (TPSA) is 89.7 Å². The minimum atomic E-state index is -0.917. The van der Waals surface area contributed by atoms with Crippen molar-refractivity contribution in [2.75, 3.05) is 26.3 Å². The zero-order valence-electron chi connectivity index (χ0n) is 14.8. The first-order valence-corrected chi connectivity index (χ1v) is 8.72. The Balaban J connectivity index is 1.78. The lowest BCUT2D eigenvalue weighted by molar-refractivity contribution is -0.102. The minimum Gasteiger partial charge on any atom is -0.465 e. The van der Waals surface area contributed by atoms with E-state index < -0.39 is 6.09 Å². The fourth-order valence-electron chi connectivity index (χ4n) is 3.90. The highest BCUT2D eigenvalue weighted by atomic mass is 16.5. The lowest BCUT2D eigenvalue weighted by atomic mass is 9.83. The molecule has 8 heteroatoms. The van der Waals surface area contributed by atoms with E-state index in [1.165, 1.54) is 4.90 Å². The third-order valence-corrected chi connectivity index (χ3v) is 5.17. The Morgan fingerprint density at radius 3 is 2.80 bits per heavy atom. The largest absolute Gasteiger partial charge is 0.465 e. The number of carboxylic acid groups (broad SMARTS) is 1. The van der Waals surface area contributed by atoms with Crippen molar-refractivity contribution in [2.45, 2.75) is 45.4 Å². The van der Waals surface area contributed by atoms with E-state index in [2.05, 4.69) is 37.2 Å². The zero-order valence-corrected chi connectivity index (χ0v) is 14.8. The van der Waals surface area contributed by atoms with E-state index in [1.54, 1.807) is 0 Å². The lowest BCUT2D eigenvalue weighted by Crippen LogP contribution is -2.40. The first-order chi connectivity index (χ1) is 11.9. The van der Waals surface area contributed by atoms with Gasteiger partial charge in [-0.3, -0.25) is 0 Å². The maximum Gasteiger partial charge on any atom is 0.407 e. The molecule has 3 aliphatic rings. The van der Waals surface area contributed by atoms with Gasteiger partial charge in [0.15, 0.2) is 0 Å². The molecule has 25 heavy (non-hydrogen) atoms. The van der Waals surface area contributed by atoms with E-state index in [0.717, 1.165) is 23.4 Å². The fourth-order valence-corrected chi connectivity index (χ4v) is 3.90. The van der Waals surface area contributed by atoms with Gasteiger partial charge in [-0.1, -0.05) is 32.1 Å². The van der Waals surface area contributed by atoms with Crippen LogP contribution >= 0.6 is 0 Å². The Morgan fingerprint density at radius 2 is 2.16 bits per heavy atom. The lowest BCUT2D eigenvalue weighted by Gasteiger charge is -2.39. The van der Waals surface area contributed by atoms with Gasteiger partial charge in [-0.2, -0.15) is 0 Å². The van der Waals surface area contributed by atoms with E-state index in [4.69, 9.17) is 9.47 Å². The third-order valence-electron chi connectivity index (χ3n) is 5.17. The van der Waals surface area contributed by atoms with E-state index >= 15 is 0 Å². The molecule has 136 valence electrons. The number of amides is 1. The second-order valence-electron chi connectivity index (χ2n) is 8.00. The van der Waals surface area contributed by atoms with Crippen LogP contribution in [0, 0.1) is 5.41 Å². The number of aromatic nitrogens is 3. The van der Waals surface area contributed by atoms with Crippen molar-refractivity contribution in [3.63, 3.8) is 0 Å². The van der Waals surface area contributed by atoms with Gasteiger partial charge in [-0.05, 0) is 17.4 Å². The quantitative estimate of drug-likeness (QED) is 0.836. The molecule has 1 unspecified atom stereocenters. The summed E-state index contributed by atoms with van der Waals surface area (Å²) < 4.78 is 13.7. The second-order valence-corrected chi connectivity index (χ2v) is 8.00. The molecule has 4 rings (SSSR count). The van der Waals surface area contributed by atoms with Crippen molar-refractivity contribution in [2.24, 2.45) is 5.41 Å². The van der Waals surface area contributed by atoms with Crippen molar-refractivity contribution in [1.82, 2.24) is 19.9 Å². The van der Waals surface area contributed by atoms with E-state index in [0.29, 0.717) is 26.3 Å². The van der Waals surface area contributed by atoms with Crippen LogP contribution in [0.1, 0.15) is 50.7 Å². The maximum absolute atomic E-state index is 11.4. The summed E-state index contributed by atoms with van der Waals surface area (Å²) in [5.74, 6) is 0. The molecule has 3 atom stereocenters. The summed E-state index contributed by atoms with van der Waals surface area (Å²) in [7, 11) is 0. The number of hydrogen-bond donors (Lipinski definition) is 1. The molecule has 1 aromatic rings. The molecular formula is C17H24N4O4. The van der Waals surface area contributed by atoms with Crippen LogP contribution in [0.25, 0.3) is 5.57 Å². The summed E-state index contributed by atoms with van der Waals surface area (Å²) >= 11 is 0. The molecule has 0 bridgehead atoms. The molecule has 0 spiro atoms. The zero-order chi connectivity index (χ0) is 17.8. The van der Waals surface area contributed by atoms with Crippen LogP contribution in [-0.4, -0.2) is 63.5 Å². The Bertz CT molecular complexity index is 721. The summed E-state index contributed by atoms with van der Waals surface area (Å²) in [5, 5.41) is 18.2. The minimum absolute atomic E-state index is 0.119. The molecule has 1 aromatic heterocycles. The summed E-state index contributed by atoms with van der Waals surface area (Å²) in [6, 6.07) is -0.119. The number of ether oxygens (including phenoxy) is 2. The second kappa shape index (κ2) is 5.81. The normalized spacial score (nSPS) is 29.2. The molecule has 0 aromatic carbocycles. The standard InChI is InChI=1S/C17H24N4O4/c1-17(2,3)15-14-13(10-4-6-24-7-5-10)18-19-21(14)11-8-20(16(22)23)9-12(11)25-15/h4,11-12,15H,5-9H2,1-3H3,(H,22,23)/t11-,12-,15?/m1/s1. The average Bonchev–Trinajstić information content (AvgIpc) is 3.17. The summed E-state index contributed by atoms with van der Waals surface area (Å²) in [4.78, 5) is 12.8. The van der Waals surface area contributed by atoms with Gasteiger partial charge in [-0.25, -0.2) is 9.48 Å². The van der Waals surface area contributed by atoms with Crippen molar-refractivity contribution in [3.8, 4) is 0 Å². The van der Waals surface area contributed by atoms with Crippen LogP contribution in [-0.2, 0) is 9.47 Å². The van der Waals surface area contributed by atoms with Crippen LogP contribution in [0.2, 0.25) is 0 Å². The summed E-state index contributed by atoms with van der Waals surface area (Å²) in [6.07, 6.45) is 1.57. The number of rotatable bonds is 1. The van der Waals surface area contributed by atoms with E-state index in [-0.39, 0.29) is 23.7 Å². The van der Waals surface area contributed by atoms with Gasteiger partial charge in [0.25, 0.3) is 0 Å². The highest BCUT2D eigenvalue weighted by molar-refractivity contribution is 5.66. The monoisotopic (exact) mass is 348 g/mol. The molecule has 0 aliphatic carbocycles. The molecule has 1 amide bonds. The van der Waals surface area contributed by atoms with Gasteiger partial charge in [0, 0.05) is 6.54 Å². The Kier molecular flexibility index (Phi) is 3.84. The Hall–Kier alpha value is -1.93. The van der Waals surface area contributed by atoms with Gasteiger partial charge in [0.2, 0.25) is 0 Å². The van der Waals surface area contributed by atoms with Crippen molar-refractivity contribution >= 4 is 11.7 Å². The molecule has 4 heterocycles. The predicted octanol–water partition coefficient (Wildman–Crippen LogP) is 2.10. The first-order valence-electron chi connectivity index (χ1n) is 8.72. The van der Waals surface area contributed by atoms with Gasteiger partial charge in [0.05, 0.1) is 31.5 Å². The summed E-state index contributed by atoms with van der Waals surface area (Å²) in [5.41, 5.74) is 2.82. The number of likely N-dealkylation sites (tertiary alicyclic amines) is 1. The van der Waals surface area contributed by atoms with Crippen LogP contribution in [0.5, 0.6) is 0 Å². The third kappa shape index (κ3) is 2.73. The maximum atomic E-state index is 11.4. The fraction of sp³-hybridized carbons (Fsp3) is 0.706. The van der Waals surface area contributed by atoms with Gasteiger partial charge >= 0.3 is 6.09 Å². The number of fused-ring (bicyclic) bond motifs is 3. The molecule has 8 nitrogen and oxygen atoms in total. The van der Waals surface area contributed by atoms with Crippen molar-refractivity contribution < 1.29 is 19.4 Å².